The zero-order valence-electron chi connectivity index (χ0n) is 6.39. The molecule has 0 spiro atoms. The number of aromatic nitrogens is 2. The molecule has 1 aromatic rings. The van der Waals surface area contributed by atoms with Gasteiger partial charge < -0.3 is 4.57 Å². The van der Waals surface area contributed by atoms with Crippen LogP contribution in [0.4, 0.5) is 0 Å². The van der Waals surface area contributed by atoms with Crippen LogP contribution in [-0.2, 0) is 18.8 Å². The van der Waals surface area contributed by atoms with Crippen molar-refractivity contribution in [1.29, 1.82) is 0 Å². The highest BCUT2D eigenvalue weighted by atomic mass is 35.5. The lowest BCUT2D eigenvalue weighted by atomic mass is 10.1. The van der Waals surface area contributed by atoms with Crippen LogP contribution in [0.5, 0.6) is 0 Å². The Bertz CT molecular complexity index is 241. The van der Waals surface area contributed by atoms with Crippen LogP contribution in [0.25, 0.3) is 0 Å². The number of fused-ring (bicyclic) bond motifs is 1. The summed E-state index contributed by atoms with van der Waals surface area (Å²) in [4.78, 5) is 4.25. The molecule has 1 aliphatic rings. The van der Waals surface area contributed by atoms with Crippen molar-refractivity contribution >= 4 is 11.6 Å². The molecule has 0 unspecified atom stereocenters. The Kier molecular flexibility index (Phi) is 1.86. The maximum absolute atomic E-state index is 5.73. The molecule has 0 aromatic carbocycles. The van der Waals surface area contributed by atoms with Gasteiger partial charge in [0.05, 0.1) is 17.9 Å². The summed E-state index contributed by atoms with van der Waals surface area (Å²) >= 11 is 5.73. The Labute approximate surface area is 71.2 Å². The molecule has 0 amide bonds. The summed E-state index contributed by atoms with van der Waals surface area (Å²) in [6, 6.07) is 0. The number of hydrogen-bond acceptors (Lipinski definition) is 1. The van der Waals surface area contributed by atoms with Crippen molar-refractivity contribution in [1.82, 2.24) is 9.55 Å². The van der Waals surface area contributed by atoms with Gasteiger partial charge in [0.1, 0.15) is 0 Å². The average molecular weight is 171 g/mol. The fourth-order valence-electron chi connectivity index (χ4n) is 1.62. The van der Waals surface area contributed by atoms with Gasteiger partial charge in [-0.25, -0.2) is 4.98 Å². The second-order valence-corrected chi connectivity index (χ2v) is 3.19. The van der Waals surface area contributed by atoms with Crippen LogP contribution >= 0.6 is 11.6 Å². The number of imidazole rings is 1. The van der Waals surface area contributed by atoms with Gasteiger partial charge >= 0.3 is 0 Å². The van der Waals surface area contributed by atoms with Crippen molar-refractivity contribution in [3.8, 4) is 0 Å². The predicted octanol–water partition coefficient (Wildman–Crippen LogP) is 1.96. The van der Waals surface area contributed by atoms with Crippen LogP contribution in [0, 0.1) is 0 Å². The van der Waals surface area contributed by atoms with E-state index in [0.29, 0.717) is 5.88 Å². The van der Waals surface area contributed by atoms with E-state index >= 15 is 0 Å². The topological polar surface area (TPSA) is 17.8 Å². The largest absolute Gasteiger partial charge is 0.334 e. The van der Waals surface area contributed by atoms with Crippen LogP contribution in [-0.4, -0.2) is 9.55 Å². The van der Waals surface area contributed by atoms with E-state index in [2.05, 4.69) is 9.55 Å². The first kappa shape index (κ1) is 7.17. The summed E-state index contributed by atoms with van der Waals surface area (Å²) in [7, 11) is 0. The number of nitrogens with zero attached hydrogens (tertiary/aromatic N) is 2. The van der Waals surface area contributed by atoms with Crippen molar-refractivity contribution in [2.24, 2.45) is 0 Å². The molecular weight excluding hydrogens is 160 g/mol. The van der Waals surface area contributed by atoms with Crippen LogP contribution < -0.4 is 0 Å². The summed E-state index contributed by atoms with van der Waals surface area (Å²) in [6.45, 7) is 1.12. The van der Waals surface area contributed by atoms with Gasteiger partial charge in [0.25, 0.3) is 0 Å². The summed E-state index contributed by atoms with van der Waals surface area (Å²) in [5.41, 5.74) is 2.43. The van der Waals surface area contributed by atoms with Crippen molar-refractivity contribution in [2.75, 3.05) is 0 Å². The van der Waals surface area contributed by atoms with Crippen LogP contribution in [0.3, 0.4) is 0 Å². The van der Waals surface area contributed by atoms with Gasteiger partial charge in [-0.05, 0) is 19.3 Å². The second kappa shape index (κ2) is 2.86. The molecule has 60 valence electrons. The van der Waals surface area contributed by atoms with Crippen LogP contribution in [0.15, 0.2) is 6.33 Å². The zero-order valence-corrected chi connectivity index (χ0v) is 7.14. The third-order valence-corrected chi connectivity index (χ3v) is 2.48. The SMILES string of the molecule is ClCc1ncn2c1CCCC2. The second-order valence-electron chi connectivity index (χ2n) is 2.92. The molecule has 0 bridgehead atoms. The Morgan fingerprint density at radius 1 is 1.55 bits per heavy atom. The molecule has 0 fully saturated rings. The van der Waals surface area contributed by atoms with E-state index in [-0.39, 0.29) is 0 Å². The first-order chi connectivity index (χ1) is 5.42. The Balaban J connectivity index is 2.38. The third kappa shape index (κ3) is 1.16. The molecule has 0 radical (unpaired) electrons. The molecule has 2 nitrogen and oxygen atoms in total. The minimum atomic E-state index is 0.558. The number of rotatable bonds is 1. The third-order valence-electron chi connectivity index (χ3n) is 2.22. The van der Waals surface area contributed by atoms with Crippen molar-refractivity contribution in [2.45, 2.75) is 31.7 Å². The van der Waals surface area contributed by atoms with E-state index in [1.54, 1.807) is 0 Å². The molecule has 1 aliphatic heterocycles. The number of halogens is 1. The predicted molar refractivity (Wildman–Crippen MR) is 44.7 cm³/mol. The molecule has 3 heteroatoms. The normalized spacial score (nSPS) is 16.5. The fraction of sp³-hybridized carbons (Fsp3) is 0.625. The summed E-state index contributed by atoms with van der Waals surface area (Å²) in [5, 5.41) is 0. The Morgan fingerprint density at radius 2 is 2.45 bits per heavy atom. The summed E-state index contributed by atoms with van der Waals surface area (Å²) in [6.07, 6.45) is 5.63. The van der Waals surface area contributed by atoms with Gasteiger partial charge in [0.15, 0.2) is 0 Å². The first-order valence-electron chi connectivity index (χ1n) is 4.00. The Morgan fingerprint density at radius 3 is 3.27 bits per heavy atom. The highest BCUT2D eigenvalue weighted by Crippen LogP contribution is 2.18. The number of aryl methyl sites for hydroxylation is 1. The zero-order chi connectivity index (χ0) is 7.68. The lowest BCUT2D eigenvalue weighted by molar-refractivity contribution is 0.530. The standard InChI is InChI=1S/C8H11ClN2/c9-5-7-8-3-1-2-4-11(8)6-10-7/h6H,1-5H2. The van der Waals surface area contributed by atoms with Gasteiger partial charge in [-0.3, -0.25) is 0 Å². The van der Waals surface area contributed by atoms with E-state index in [1.165, 1.54) is 18.5 Å². The van der Waals surface area contributed by atoms with Gasteiger partial charge in [-0.1, -0.05) is 0 Å². The van der Waals surface area contributed by atoms with E-state index in [1.807, 2.05) is 6.33 Å². The van der Waals surface area contributed by atoms with Crippen molar-refractivity contribution in [3.05, 3.63) is 17.7 Å². The van der Waals surface area contributed by atoms with E-state index in [0.717, 1.165) is 18.7 Å². The van der Waals surface area contributed by atoms with Crippen LogP contribution in [0.1, 0.15) is 24.2 Å². The lowest BCUT2D eigenvalue weighted by Crippen LogP contribution is -2.09. The van der Waals surface area contributed by atoms with Gasteiger partial charge in [0.2, 0.25) is 0 Å². The molecule has 1 aromatic heterocycles. The maximum atomic E-state index is 5.73. The lowest BCUT2D eigenvalue weighted by Gasteiger charge is -2.14. The molecule has 0 atom stereocenters. The minimum absolute atomic E-state index is 0.558. The summed E-state index contributed by atoms with van der Waals surface area (Å²) < 4.78 is 2.22. The van der Waals surface area contributed by atoms with Gasteiger partial charge in [-0.2, -0.15) is 0 Å². The molecule has 0 N–H and O–H groups in total. The number of alkyl halides is 1. The van der Waals surface area contributed by atoms with E-state index in [4.69, 9.17) is 11.6 Å². The van der Waals surface area contributed by atoms with E-state index in [9.17, 15) is 0 Å². The van der Waals surface area contributed by atoms with Gasteiger partial charge in [0, 0.05) is 12.2 Å². The maximum Gasteiger partial charge on any atom is 0.0952 e. The van der Waals surface area contributed by atoms with Crippen molar-refractivity contribution in [3.63, 3.8) is 0 Å². The summed E-state index contributed by atoms with van der Waals surface area (Å²) in [5.74, 6) is 0.558. The smallest absolute Gasteiger partial charge is 0.0952 e. The quantitative estimate of drug-likeness (QED) is 0.590. The molecule has 0 saturated carbocycles. The molecule has 0 aliphatic carbocycles. The Hall–Kier alpha value is -0.500. The highest BCUT2D eigenvalue weighted by molar-refractivity contribution is 6.16. The van der Waals surface area contributed by atoms with Crippen LogP contribution in [0.2, 0.25) is 0 Å². The molecule has 2 heterocycles. The molecule has 2 rings (SSSR count). The first-order valence-corrected chi connectivity index (χ1v) is 4.54. The number of hydrogen-bond donors (Lipinski definition) is 0. The van der Waals surface area contributed by atoms with E-state index < -0.39 is 0 Å². The highest BCUT2D eigenvalue weighted by Gasteiger charge is 2.12. The average Bonchev–Trinajstić information content (AvgIpc) is 2.47. The van der Waals surface area contributed by atoms with Crippen molar-refractivity contribution < 1.29 is 0 Å². The molecule has 11 heavy (non-hydrogen) atoms. The monoisotopic (exact) mass is 170 g/mol. The fourth-order valence-corrected chi connectivity index (χ4v) is 1.84. The molecule has 0 saturated heterocycles. The van der Waals surface area contributed by atoms with Gasteiger partial charge in [-0.15, -0.1) is 11.6 Å². The molecular formula is C8H11ClN2. The minimum Gasteiger partial charge on any atom is -0.334 e.